The summed E-state index contributed by atoms with van der Waals surface area (Å²) in [7, 11) is 0. The lowest BCUT2D eigenvalue weighted by molar-refractivity contribution is 0.0206. The molecule has 0 saturated carbocycles. The molecule has 0 spiro atoms. The minimum Gasteiger partial charge on any atom is -0.377 e. The Morgan fingerprint density at radius 2 is 2.36 bits per heavy atom. The average molecular weight is 324 g/mol. The highest BCUT2D eigenvalue weighted by atomic mass is 32.1. The van der Waals surface area contributed by atoms with Crippen LogP contribution in [-0.2, 0) is 14.9 Å². The van der Waals surface area contributed by atoms with E-state index in [9.17, 15) is 0 Å². The zero-order chi connectivity index (χ0) is 15.6. The number of imidazole rings is 1. The van der Waals surface area contributed by atoms with Crippen molar-refractivity contribution < 1.29 is 9.47 Å². The molecule has 7 heteroatoms. The lowest BCUT2D eigenvalue weighted by Crippen LogP contribution is -2.17. The van der Waals surface area contributed by atoms with E-state index in [0.29, 0.717) is 19.3 Å². The lowest BCUT2D eigenvalue weighted by atomic mass is 9.93. The average Bonchev–Trinajstić information content (AvgIpc) is 3.11. The molecule has 1 N–H and O–H groups in total. The van der Waals surface area contributed by atoms with Gasteiger partial charge in [-0.25, -0.2) is 9.50 Å². The van der Waals surface area contributed by atoms with Crippen molar-refractivity contribution >= 4 is 21.4 Å². The first-order valence-corrected chi connectivity index (χ1v) is 8.64. The van der Waals surface area contributed by atoms with Crippen molar-refractivity contribution in [3.63, 3.8) is 0 Å². The van der Waals surface area contributed by atoms with E-state index in [1.807, 2.05) is 10.7 Å². The van der Waals surface area contributed by atoms with Crippen molar-refractivity contribution in [3.8, 4) is 0 Å². The van der Waals surface area contributed by atoms with Crippen LogP contribution in [0.25, 0.3) is 4.96 Å². The summed E-state index contributed by atoms with van der Waals surface area (Å²) in [4.78, 5) is 5.56. The molecular weight excluding hydrogens is 300 g/mol. The maximum atomic E-state index is 5.63. The van der Waals surface area contributed by atoms with Crippen molar-refractivity contribution in [2.45, 2.75) is 45.1 Å². The standard InChI is InChI=1S/C15H24N4O2S/c1-15(2,3)12-9-19-14(17-12)22-13(18-19)16-6-8-20-10-11-5-4-7-21-11/h9,11H,4-8,10H2,1-3H3,(H,16,18). The summed E-state index contributed by atoms with van der Waals surface area (Å²) in [6.45, 7) is 9.45. The van der Waals surface area contributed by atoms with Gasteiger partial charge in [0.25, 0.3) is 0 Å². The fourth-order valence-corrected chi connectivity index (χ4v) is 3.16. The van der Waals surface area contributed by atoms with Gasteiger partial charge in [-0.3, -0.25) is 0 Å². The van der Waals surface area contributed by atoms with E-state index in [1.165, 1.54) is 0 Å². The Kier molecular flexibility index (Phi) is 4.65. The molecule has 2 aromatic rings. The largest absolute Gasteiger partial charge is 0.377 e. The predicted molar refractivity (Wildman–Crippen MR) is 87.8 cm³/mol. The van der Waals surface area contributed by atoms with E-state index in [1.54, 1.807) is 11.3 Å². The third-order valence-corrected chi connectivity index (χ3v) is 4.54. The van der Waals surface area contributed by atoms with Gasteiger partial charge in [-0.2, -0.15) is 0 Å². The second-order valence-electron chi connectivity index (χ2n) is 6.65. The fraction of sp³-hybridized carbons (Fsp3) is 0.733. The first kappa shape index (κ1) is 15.7. The Morgan fingerprint density at radius 3 is 3.05 bits per heavy atom. The molecule has 1 atom stereocenters. The van der Waals surface area contributed by atoms with Gasteiger partial charge in [0, 0.05) is 18.6 Å². The molecule has 0 radical (unpaired) electrons. The summed E-state index contributed by atoms with van der Waals surface area (Å²) in [5.41, 5.74) is 1.12. The summed E-state index contributed by atoms with van der Waals surface area (Å²) < 4.78 is 13.0. The summed E-state index contributed by atoms with van der Waals surface area (Å²) in [6, 6.07) is 0. The van der Waals surface area contributed by atoms with Crippen LogP contribution >= 0.6 is 11.3 Å². The highest BCUT2D eigenvalue weighted by molar-refractivity contribution is 7.20. The number of ether oxygens (including phenoxy) is 2. The second kappa shape index (κ2) is 6.52. The van der Waals surface area contributed by atoms with Crippen molar-refractivity contribution in [3.05, 3.63) is 11.9 Å². The van der Waals surface area contributed by atoms with Crippen LogP contribution in [0.1, 0.15) is 39.3 Å². The monoisotopic (exact) mass is 324 g/mol. The topological polar surface area (TPSA) is 60.7 Å². The Morgan fingerprint density at radius 1 is 1.50 bits per heavy atom. The smallest absolute Gasteiger partial charge is 0.214 e. The van der Waals surface area contributed by atoms with E-state index in [0.717, 1.165) is 41.8 Å². The summed E-state index contributed by atoms with van der Waals surface area (Å²) >= 11 is 1.57. The number of rotatable bonds is 6. The minimum atomic E-state index is 0.0527. The molecule has 1 saturated heterocycles. The van der Waals surface area contributed by atoms with E-state index in [2.05, 4.69) is 36.2 Å². The second-order valence-corrected chi connectivity index (χ2v) is 7.60. The number of nitrogens with one attached hydrogen (secondary N) is 1. The zero-order valence-corrected chi connectivity index (χ0v) is 14.3. The molecule has 0 bridgehead atoms. The van der Waals surface area contributed by atoms with Gasteiger partial charge in [0.15, 0.2) is 0 Å². The summed E-state index contributed by atoms with van der Waals surface area (Å²) in [5.74, 6) is 0. The van der Waals surface area contributed by atoms with Gasteiger partial charge in [-0.1, -0.05) is 32.1 Å². The van der Waals surface area contributed by atoms with Crippen LogP contribution in [0, 0.1) is 0 Å². The molecule has 1 aliphatic heterocycles. The molecule has 0 aliphatic carbocycles. The van der Waals surface area contributed by atoms with Crippen LogP contribution in [0.4, 0.5) is 5.13 Å². The number of aromatic nitrogens is 3. The van der Waals surface area contributed by atoms with Crippen LogP contribution in [-0.4, -0.2) is 47.1 Å². The normalized spacial score (nSPS) is 19.1. The molecule has 0 aromatic carbocycles. The highest BCUT2D eigenvalue weighted by Gasteiger charge is 2.19. The minimum absolute atomic E-state index is 0.0527. The maximum Gasteiger partial charge on any atom is 0.214 e. The highest BCUT2D eigenvalue weighted by Crippen LogP contribution is 2.25. The van der Waals surface area contributed by atoms with E-state index < -0.39 is 0 Å². The van der Waals surface area contributed by atoms with Crippen LogP contribution in [0.5, 0.6) is 0 Å². The molecule has 1 unspecified atom stereocenters. The number of hydrogen-bond acceptors (Lipinski definition) is 6. The molecular formula is C15H24N4O2S. The van der Waals surface area contributed by atoms with E-state index >= 15 is 0 Å². The Hall–Kier alpha value is -1.18. The van der Waals surface area contributed by atoms with Gasteiger partial charge in [0.05, 0.1) is 31.2 Å². The van der Waals surface area contributed by atoms with Gasteiger partial charge < -0.3 is 14.8 Å². The molecule has 1 aliphatic rings. The molecule has 3 rings (SSSR count). The first-order valence-electron chi connectivity index (χ1n) is 7.82. The van der Waals surface area contributed by atoms with Crippen LogP contribution in [0.2, 0.25) is 0 Å². The SMILES string of the molecule is CC(C)(C)c1cn2nc(NCCOCC3CCCO3)sc2n1. The third-order valence-electron chi connectivity index (χ3n) is 3.66. The van der Waals surface area contributed by atoms with Crippen molar-refractivity contribution in [2.24, 2.45) is 0 Å². The Bertz CT molecular complexity index is 579. The first-order chi connectivity index (χ1) is 10.5. The summed E-state index contributed by atoms with van der Waals surface area (Å²) in [6.07, 6.45) is 4.57. The molecule has 3 heterocycles. The Balaban J connectivity index is 1.44. The molecule has 1 fully saturated rings. The molecule has 0 amide bonds. The molecule has 2 aromatic heterocycles. The maximum absolute atomic E-state index is 5.63. The van der Waals surface area contributed by atoms with Gasteiger partial charge in [0.2, 0.25) is 10.1 Å². The fourth-order valence-electron chi connectivity index (χ4n) is 2.35. The predicted octanol–water partition coefficient (Wildman–Crippen LogP) is 2.70. The number of fused-ring (bicyclic) bond motifs is 1. The quantitative estimate of drug-likeness (QED) is 0.828. The van der Waals surface area contributed by atoms with Crippen molar-refractivity contribution in [2.75, 3.05) is 31.7 Å². The van der Waals surface area contributed by atoms with E-state index in [4.69, 9.17) is 9.47 Å². The van der Waals surface area contributed by atoms with Crippen LogP contribution < -0.4 is 5.32 Å². The lowest BCUT2D eigenvalue weighted by Gasteiger charge is -2.13. The number of hydrogen-bond donors (Lipinski definition) is 1. The molecule has 122 valence electrons. The van der Waals surface area contributed by atoms with Gasteiger partial charge in [-0.05, 0) is 12.8 Å². The van der Waals surface area contributed by atoms with E-state index in [-0.39, 0.29) is 5.41 Å². The van der Waals surface area contributed by atoms with Crippen LogP contribution in [0.15, 0.2) is 6.20 Å². The van der Waals surface area contributed by atoms with Crippen molar-refractivity contribution in [1.29, 1.82) is 0 Å². The Labute approximate surface area is 134 Å². The number of nitrogens with zero attached hydrogens (tertiary/aromatic N) is 3. The zero-order valence-electron chi connectivity index (χ0n) is 13.5. The van der Waals surface area contributed by atoms with Gasteiger partial charge in [0.1, 0.15) is 0 Å². The summed E-state index contributed by atoms with van der Waals surface area (Å²) in [5, 5.41) is 8.67. The third kappa shape index (κ3) is 3.77. The number of anilines is 1. The van der Waals surface area contributed by atoms with Gasteiger partial charge in [-0.15, -0.1) is 5.10 Å². The van der Waals surface area contributed by atoms with Crippen molar-refractivity contribution in [1.82, 2.24) is 14.6 Å². The van der Waals surface area contributed by atoms with Gasteiger partial charge >= 0.3 is 0 Å². The molecule has 22 heavy (non-hydrogen) atoms. The molecule has 6 nitrogen and oxygen atoms in total. The van der Waals surface area contributed by atoms with Crippen LogP contribution in [0.3, 0.4) is 0 Å².